The Morgan fingerprint density at radius 3 is 2.64 bits per heavy atom. The molecule has 1 aliphatic rings. The zero-order valence-electron chi connectivity index (χ0n) is 13.8. The van der Waals surface area contributed by atoms with Crippen LogP contribution in [0.3, 0.4) is 0 Å². The molecule has 25 heavy (non-hydrogen) atoms. The van der Waals surface area contributed by atoms with Crippen molar-refractivity contribution in [3.05, 3.63) is 59.7 Å². The standard InChI is InChI=1S/C19H18O6/c1-22-17-11-14(18(20)25-16-9-10-23-19(16)21)7-8-15(17)24-12-13-5-3-2-4-6-13/h2-8,11,16H,9-10,12H2,1H3/t16-/m1/s1. The number of methoxy groups -OCH3 is 1. The van der Waals surface area contributed by atoms with Crippen LogP contribution in [0.5, 0.6) is 11.5 Å². The molecule has 0 saturated carbocycles. The molecule has 0 aliphatic carbocycles. The van der Waals surface area contributed by atoms with Gasteiger partial charge in [-0.15, -0.1) is 0 Å². The molecule has 3 rings (SSSR count). The number of ether oxygens (including phenoxy) is 4. The van der Waals surface area contributed by atoms with Crippen LogP contribution in [0, 0.1) is 0 Å². The first-order valence-electron chi connectivity index (χ1n) is 7.90. The zero-order valence-corrected chi connectivity index (χ0v) is 13.8. The van der Waals surface area contributed by atoms with Crippen molar-refractivity contribution in [1.29, 1.82) is 0 Å². The smallest absolute Gasteiger partial charge is 0.347 e. The number of cyclic esters (lactones) is 1. The maximum Gasteiger partial charge on any atom is 0.347 e. The molecule has 2 aromatic rings. The molecular formula is C19H18O6. The number of hydrogen-bond acceptors (Lipinski definition) is 6. The summed E-state index contributed by atoms with van der Waals surface area (Å²) in [7, 11) is 1.49. The SMILES string of the molecule is COc1cc(C(=O)O[C@@H]2CCOC2=O)ccc1OCc1ccccc1. The van der Waals surface area contributed by atoms with Crippen molar-refractivity contribution in [2.24, 2.45) is 0 Å². The van der Waals surface area contributed by atoms with E-state index in [2.05, 4.69) is 0 Å². The van der Waals surface area contributed by atoms with Gasteiger partial charge in [0.15, 0.2) is 11.5 Å². The van der Waals surface area contributed by atoms with E-state index in [1.54, 1.807) is 12.1 Å². The summed E-state index contributed by atoms with van der Waals surface area (Å²) in [6, 6.07) is 14.5. The first-order valence-corrected chi connectivity index (χ1v) is 7.90. The maximum absolute atomic E-state index is 12.2. The van der Waals surface area contributed by atoms with Crippen molar-refractivity contribution in [2.75, 3.05) is 13.7 Å². The Bertz CT molecular complexity index is 756. The zero-order chi connectivity index (χ0) is 17.6. The van der Waals surface area contributed by atoms with E-state index in [-0.39, 0.29) is 12.2 Å². The highest BCUT2D eigenvalue weighted by Crippen LogP contribution is 2.29. The molecule has 0 radical (unpaired) electrons. The molecular weight excluding hydrogens is 324 g/mol. The quantitative estimate of drug-likeness (QED) is 0.752. The summed E-state index contributed by atoms with van der Waals surface area (Å²) in [5, 5.41) is 0. The summed E-state index contributed by atoms with van der Waals surface area (Å²) in [5.41, 5.74) is 1.30. The summed E-state index contributed by atoms with van der Waals surface area (Å²) >= 11 is 0. The van der Waals surface area contributed by atoms with Crippen molar-refractivity contribution < 1.29 is 28.5 Å². The van der Waals surface area contributed by atoms with Crippen LogP contribution in [0.25, 0.3) is 0 Å². The number of esters is 2. The lowest BCUT2D eigenvalue weighted by atomic mass is 10.2. The van der Waals surface area contributed by atoms with Crippen LogP contribution in [-0.4, -0.2) is 31.8 Å². The lowest BCUT2D eigenvalue weighted by Gasteiger charge is -2.13. The maximum atomic E-state index is 12.2. The van der Waals surface area contributed by atoms with E-state index in [1.807, 2.05) is 30.3 Å². The fourth-order valence-corrected chi connectivity index (χ4v) is 2.43. The molecule has 0 amide bonds. The summed E-state index contributed by atoms with van der Waals surface area (Å²) in [5.74, 6) is -0.178. The van der Waals surface area contributed by atoms with E-state index in [9.17, 15) is 9.59 Å². The summed E-state index contributed by atoms with van der Waals surface area (Å²) < 4.78 is 21.0. The van der Waals surface area contributed by atoms with Gasteiger partial charge < -0.3 is 18.9 Å². The highest BCUT2D eigenvalue weighted by Gasteiger charge is 2.30. The van der Waals surface area contributed by atoms with Gasteiger partial charge in [-0.3, -0.25) is 0 Å². The first kappa shape index (κ1) is 16.8. The van der Waals surface area contributed by atoms with Gasteiger partial charge in [-0.05, 0) is 23.8 Å². The van der Waals surface area contributed by atoms with Crippen LogP contribution in [-0.2, 0) is 20.9 Å². The average Bonchev–Trinajstić information content (AvgIpc) is 3.05. The molecule has 1 aliphatic heterocycles. The Labute approximate surface area is 145 Å². The normalized spacial score (nSPS) is 16.2. The molecule has 1 heterocycles. The van der Waals surface area contributed by atoms with Crippen LogP contribution < -0.4 is 9.47 Å². The highest BCUT2D eigenvalue weighted by molar-refractivity contribution is 5.92. The highest BCUT2D eigenvalue weighted by atomic mass is 16.6. The van der Waals surface area contributed by atoms with Gasteiger partial charge in [-0.1, -0.05) is 30.3 Å². The fraction of sp³-hybridized carbons (Fsp3) is 0.263. The second-order valence-electron chi connectivity index (χ2n) is 5.49. The molecule has 0 aromatic heterocycles. The Hall–Kier alpha value is -3.02. The van der Waals surface area contributed by atoms with Gasteiger partial charge in [0, 0.05) is 6.42 Å². The van der Waals surface area contributed by atoms with Crippen LogP contribution in [0.2, 0.25) is 0 Å². The predicted molar refractivity (Wildman–Crippen MR) is 88.5 cm³/mol. The average molecular weight is 342 g/mol. The van der Waals surface area contributed by atoms with Gasteiger partial charge in [-0.25, -0.2) is 9.59 Å². The van der Waals surface area contributed by atoms with Crippen LogP contribution >= 0.6 is 0 Å². The molecule has 0 bridgehead atoms. The van der Waals surface area contributed by atoms with Crippen molar-refractivity contribution in [3.8, 4) is 11.5 Å². The number of carbonyl (C=O) groups is 2. The third-order valence-electron chi connectivity index (χ3n) is 3.77. The first-order chi connectivity index (χ1) is 12.2. The minimum Gasteiger partial charge on any atom is -0.493 e. The predicted octanol–water partition coefficient (Wildman–Crippen LogP) is 2.75. The largest absolute Gasteiger partial charge is 0.493 e. The van der Waals surface area contributed by atoms with Crippen molar-refractivity contribution in [3.63, 3.8) is 0 Å². The van der Waals surface area contributed by atoms with Crippen molar-refractivity contribution in [2.45, 2.75) is 19.1 Å². The third kappa shape index (κ3) is 4.09. The van der Waals surface area contributed by atoms with Crippen LogP contribution in [0.1, 0.15) is 22.3 Å². The van der Waals surface area contributed by atoms with Crippen molar-refractivity contribution in [1.82, 2.24) is 0 Å². The van der Waals surface area contributed by atoms with Crippen molar-refractivity contribution >= 4 is 11.9 Å². The van der Waals surface area contributed by atoms with E-state index in [0.29, 0.717) is 24.5 Å². The Balaban J connectivity index is 1.68. The lowest BCUT2D eigenvalue weighted by molar-refractivity contribution is -0.145. The summed E-state index contributed by atoms with van der Waals surface area (Å²) in [6.07, 6.45) is -0.465. The van der Waals surface area contributed by atoms with E-state index < -0.39 is 18.0 Å². The molecule has 0 spiro atoms. The fourth-order valence-electron chi connectivity index (χ4n) is 2.43. The van der Waals surface area contributed by atoms with Gasteiger partial charge in [-0.2, -0.15) is 0 Å². The Morgan fingerprint density at radius 2 is 1.96 bits per heavy atom. The van der Waals surface area contributed by atoms with E-state index in [1.165, 1.54) is 13.2 Å². The Kier molecular flexibility index (Phi) is 5.18. The molecule has 130 valence electrons. The monoisotopic (exact) mass is 342 g/mol. The second kappa shape index (κ2) is 7.70. The molecule has 6 nitrogen and oxygen atoms in total. The summed E-state index contributed by atoms with van der Waals surface area (Å²) in [6.45, 7) is 0.654. The van der Waals surface area contributed by atoms with Crippen LogP contribution in [0.15, 0.2) is 48.5 Å². The molecule has 1 fully saturated rings. The number of benzene rings is 2. The topological polar surface area (TPSA) is 71.1 Å². The van der Waals surface area contributed by atoms with Crippen LogP contribution in [0.4, 0.5) is 0 Å². The van der Waals surface area contributed by atoms with E-state index in [4.69, 9.17) is 18.9 Å². The number of carbonyl (C=O) groups excluding carboxylic acids is 2. The van der Waals surface area contributed by atoms with Gasteiger partial charge in [0.25, 0.3) is 0 Å². The van der Waals surface area contributed by atoms with Gasteiger partial charge >= 0.3 is 11.9 Å². The van der Waals surface area contributed by atoms with Gasteiger partial charge in [0.1, 0.15) is 6.61 Å². The van der Waals surface area contributed by atoms with Gasteiger partial charge in [0.05, 0.1) is 19.3 Å². The molecule has 0 N–H and O–H groups in total. The molecule has 0 unspecified atom stereocenters. The van der Waals surface area contributed by atoms with E-state index >= 15 is 0 Å². The minimum absolute atomic E-state index is 0.270. The minimum atomic E-state index is -0.840. The molecule has 1 atom stereocenters. The molecule has 1 saturated heterocycles. The Morgan fingerprint density at radius 1 is 1.16 bits per heavy atom. The number of hydrogen-bond donors (Lipinski definition) is 0. The number of rotatable bonds is 6. The van der Waals surface area contributed by atoms with Gasteiger partial charge in [0.2, 0.25) is 6.10 Å². The summed E-state index contributed by atoms with van der Waals surface area (Å²) in [4.78, 5) is 23.6. The molecule has 2 aromatic carbocycles. The lowest BCUT2D eigenvalue weighted by Crippen LogP contribution is -2.22. The second-order valence-corrected chi connectivity index (χ2v) is 5.49. The molecule has 6 heteroatoms. The van der Waals surface area contributed by atoms with E-state index in [0.717, 1.165) is 5.56 Å². The third-order valence-corrected chi connectivity index (χ3v) is 3.77.